The smallest absolute Gasteiger partial charge is 0.406 e. The SMILES string of the molecule is Cc1ccc(OCC(=O)O)c([N+](=O)[O-])n1. The van der Waals surface area contributed by atoms with Gasteiger partial charge in [0.25, 0.3) is 0 Å². The van der Waals surface area contributed by atoms with Crippen molar-refractivity contribution in [2.24, 2.45) is 0 Å². The van der Waals surface area contributed by atoms with Crippen LogP contribution in [0.5, 0.6) is 5.75 Å². The van der Waals surface area contributed by atoms with Crippen molar-refractivity contribution in [3.63, 3.8) is 0 Å². The van der Waals surface area contributed by atoms with Crippen LogP contribution in [-0.2, 0) is 4.79 Å². The number of aromatic nitrogens is 1. The zero-order chi connectivity index (χ0) is 11.4. The van der Waals surface area contributed by atoms with Gasteiger partial charge in [-0.05, 0) is 22.0 Å². The van der Waals surface area contributed by atoms with E-state index in [4.69, 9.17) is 9.84 Å². The van der Waals surface area contributed by atoms with E-state index in [1.54, 1.807) is 6.92 Å². The Hall–Kier alpha value is -2.18. The molecule has 7 nitrogen and oxygen atoms in total. The molecular formula is C8H8N2O5. The molecule has 1 aromatic heterocycles. The average molecular weight is 212 g/mol. The van der Waals surface area contributed by atoms with E-state index in [9.17, 15) is 14.9 Å². The molecule has 1 rings (SSSR count). The Kier molecular flexibility index (Phi) is 3.17. The van der Waals surface area contributed by atoms with Gasteiger partial charge in [-0.1, -0.05) is 0 Å². The molecule has 0 aliphatic rings. The van der Waals surface area contributed by atoms with Crippen molar-refractivity contribution < 1.29 is 19.6 Å². The molecule has 0 amide bonds. The third-order valence-corrected chi connectivity index (χ3v) is 1.50. The monoisotopic (exact) mass is 212 g/mol. The number of nitrogens with zero attached hydrogens (tertiary/aromatic N) is 2. The second-order valence-electron chi connectivity index (χ2n) is 2.71. The van der Waals surface area contributed by atoms with Gasteiger partial charge in [0.15, 0.2) is 6.61 Å². The van der Waals surface area contributed by atoms with E-state index in [1.165, 1.54) is 12.1 Å². The zero-order valence-electron chi connectivity index (χ0n) is 7.84. The fourth-order valence-corrected chi connectivity index (χ4v) is 0.913. The fraction of sp³-hybridized carbons (Fsp3) is 0.250. The van der Waals surface area contributed by atoms with Crippen LogP contribution in [-0.4, -0.2) is 27.6 Å². The molecular weight excluding hydrogens is 204 g/mol. The first-order valence-corrected chi connectivity index (χ1v) is 3.97. The van der Waals surface area contributed by atoms with Crippen molar-refractivity contribution >= 4 is 11.8 Å². The van der Waals surface area contributed by atoms with Crippen LogP contribution < -0.4 is 4.74 Å². The molecule has 1 N–H and O–H groups in total. The van der Waals surface area contributed by atoms with E-state index in [1.807, 2.05) is 0 Å². The maximum atomic E-state index is 10.5. The fourth-order valence-electron chi connectivity index (χ4n) is 0.913. The predicted molar refractivity (Wildman–Crippen MR) is 48.8 cm³/mol. The molecule has 0 spiro atoms. The molecule has 1 heterocycles. The first-order chi connectivity index (χ1) is 7.00. The van der Waals surface area contributed by atoms with Gasteiger partial charge in [0, 0.05) is 6.92 Å². The Balaban J connectivity index is 2.95. The van der Waals surface area contributed by atoms with Crippen molar-refractivity contribution in [1.29, 1.82) is 0 Å². The number of aryl methyl sites for hydroxylation is 1. The topological polar surface area (TPSA) is 103 Å². The average Bonchev–Trinajstić information content (AvgIpc) is 2.15. The van der Waals surface area contributed by atoms with Crippen LogP contribution in [0.1, 0.15) is 5.69 Å². The number of carboxylic acid groups (broad SMARTS) is 1. The van der Waals surface area contributed by atoms with Crippen LogP contribution in [0.25, 0.3) is 0 Å². The molecule has 15 heavy (non-hydrogen) atoms. The molecule has 0 atom stereocenters. The predicted octanol–water partition coefficient (Wildman–Crippen LogP) is 0.762. The minimum atomic E-state index is -1.20. The summed E-state index contributed by atoms with van der Waals surface area (Å²) in [6, 6.07) is 2.83. The first-order valence-electron chi connectivity index (χ1n) is 3.97. The summed E-state index contributed by atoms with van der Waals surface area (Å²) in [5.41, 5.74) is 0.462. The molecule has 7 heteroatoms. The standard InChI is InChI=1S/C8H8N2O5/c1-5-2-3-6(15-4-7(11)12)8(9-5)10(13)14/h2-3H,4H2,1H3,(H,11,12). The number of aliphatic carboxylic acids is 1. The molecule has 0 bridgehead atoms. The number of rotatable bonds is 4. The first kappa shape index (κ1) is 10.9. The van der Waals surface area contributed by atoms with Gasteiger partial charge in [0.2, 0.25) is 5.75 Å². The molecule has 0 saturated carbocycles. The Morgan fingerprint density at radius 2 is 2.33 bits per heavy atom. The Morgan fingerprint density at radius 3 is 2.87 bits per heavy atom. The summed E-state index contributed by atoms with van der Waals surface area (Å²) >= 11 is 0. The number of hydrogen-bond acceptors (Lipinski definition) is 5. The lowest BCUT2D eigenvalue weighted by Crippen LogP contribution is -2.11. The maximum Gasteiger partial charge on any atom is 0.406 e. The van der Waals surface area contributed by atoms with Gasteiger partial charge in [-0.25, -0.2) is 4.79 Å². The highest BCUT2D eigenvalue weighted by atomic mass is 16.6. The lowest BCUT2D eigenvalue weighted by atomic mass is 10.3. The number of pyridine rings is 1. The molecule has 0 aliphatic heterocycles. The highest BCUT2D eigenvalue weighted by Gasteiger charge is 2.18. The van der Waals surface area contributed by atoms with Crippen molar-refractivity contribution in [3.8, 4) is 5.75 Å². The quantitative estimate of drug-likeness (QED) is 0.583. The summed E-state index contributed by atoms with van der Waals surface area (Å²) in [7, 11) is 0. The van der Waals surface area contributed by atoms with Crippen LogP contribution >= 0.6 is 0 Å². The molecule has 0 aromatic carbocycles. The lowest BCUT2D eigenvalue weighted by Gasteiger charge is -2.03. The number of carboxylic acids is 1. The minimum Gasteiger partial charge on any atom is -0.479 e. The van der Waals surface area contributed by atoms with Crippen LogP contribution in [0.4, 0.5) is 5.82 Å². The van der Waals surface area contributed by atoms with Crippen LogP contribution in [0.15, 0.2) is 12.1 Å². The Bertz CT molecular complexity index is 404. The van der Waals surface area contributed by atoms with Crippen LogP contribution in [0.2, 0.25) is 0 Å². The molecule has 80 valence electrons. The van der Waals surface area contributed by atoms with E-state index in [0.717, 1.165) is 0 Å². The largest absolute Gasteiger partial charge is 0.479 e. The zero-order valence-corrected chi connectivity index (χ0v) is 7.84. The lowest BCUT2D eigenvalue weighted by molar-refractivity contribution is -0.390. The van der Waals surface area contributed by atoms with E-state index >= 15 is 0 Å². The van der Waals surface area contributed by atoms with Gasteiger partial charge in [-0.3, -0.25) is 0 Å². The molecule has 1 aromatic rings. The van der Waals surface area contributed by atoms with Gasteiger partial charge in [0.1, 0.15) is 5.69 Å². The van der Waals surface area contributed by atoms with Gasteiger partial charge in [-0.15, -0.1) is 0 Å². The van der Waals surface area contributed by atoms with E-state index in [0.29, 0.717) is 5.69 Å². The maximum absolute atomic E-state index is 10.5. The summed E-state index contributed by atoms with van der Waals surface area (Å²) in [5.74, 6) is -1.82. The van der Waals surface area contributed by atoms with Crippen LogP contribution in [0, 0.1) is 17.0 Å². The second-order valence-corrected chi connectivity index (χ2v) is 2.71. The van der Waals surface area contributed by atoms with Crippen molar-refractivity contribution in [3.05, 3.63) is 27.9 Å². The van der Waals surface area contributed by atoms with E-state index in [-0.39, 0.29) is 5.75 Å². The highest BCUT2D eigenvalue weighted by molar-refractivity contribution is 5.68. The number of hydrogen-bond donors (Lipinski definition) is 1. The van der Waals surface area contributed by atoms with E-state index in [2.05, 4.69) is 4.98 Å². The van der Waals surface area contributed by atoms with Crippen molar-refractivity contribution in [2.75, 3.05) is 6.61 Å². The molecule has 0 unspecified atom stereocenters. The summed E-state index contributed by atoms with van der Waals surface area (Å²) in [5, 5.41) is 18.9. The molecule has 0 fully saturated rings. The van der Waals surface area contributed by atoms with E-state index < -0.39 is 23.3 Å². The van der Waals surface area contributed by atoms with Gasteiger partial charge in [0.05, 0.1) is 0 Å². The molecule has 0 aliphatic carbocycles. The highest BCUT2D eigenvalue weighted by Crippen LogP contribution is 2.24. The van der Waals surface area contributed by atoms with Crippen molar-refractivity contribution in [1.82, 2.24) is 4.98 Å². The normalized spacial score (nSPS) is 9.67. The third-order valence-electron chi connectivity index (χ3n) is 1.50. The number of nitro groups is 1. The van der Waals surface area contributed by atoms with Gasteiger partial charge >= 0.3 is 11.8 Å². The van der Waals surface area contributed by atoms with Gasteiger partial charge < -0.3 is 20.0 Å². The van der Waals surface area contributed by atoms with Crippen LogP contribution in [0.3, 0.4) is 0 Å². The number of ether oxygens (including phenoxy) is 1. The summed E-state index contributed by atoms with van der Waals surface area (Å²) in [6.45, 7) is 0.958. The Labute approximate surface area is 84.5 Å². The summed E-state index contributed by atoms with van der Waals surface area (Å²) in [6.07, 6.45) is 0. The van der Waals surface area contributed by atoms with Crippen molar-refractivity contribution in [2.45, 2.75) is 6.92 Å². The minimum absolute atomic E-state index is 0.145. The summed E-state index contributed by atoms with van der Waals surface area (Å²) in [4.78, 5) is 23.7. The van der Waals surface area contributed by atoms with Gasteiger partial charge in [-0.2, -0.15) is 0 Å². The molecule has 0 saturated heterocycles. The second kappa shape index (κ2) is 4.36. The number of carbonyl (C=O) groups is 1. The Morgan fingerprint density at radius 1 is 1.67 bits per heavy atom. The third kappa shape index (κ3) is 2.90. The molecule has 0 radical (unpaired) electrons. The summed E-state index contributed by atoms with van der Waals surface area (Å²) < 4.78 is 4.71.